The van der Waals surface area contributed by atoms with Crippen LogP contribution in [0.2, 0.25) is 0 Å². The number of guanidine groups is 1. The van der Waals surface area contributed by atoms with Crippen LogP contribution in [-0.4, -0.2) is 37.8 Å². The van der Waals surface area contributed by atoms with Crippen molar-refractivity contribution in [1.82, 2.24) is 10.6 Å². The summed E-state index contributed by atoms with van der Waals surface area (Å²) in [6.07, 6.45) is 3.80. The highest BCUT2D eigenvalue weighted by atomic mass is 127. The van der Waals surface area contributed by atoms with Gasteiger partial charge in [-0.1, -0.05) is 24.3 Å². The maximum absolute atomic E-state index is 5.65. The van der Waals surface area contributed by atoms with Crippen LogP contribution in [0.1, 0.15) is 43.2 Å². The summed E-state index contributed by atoms with van der Waals surface area (Å²) in [5.74, 6) is 1.55. The molecule has 5 heteroatoms. The summed E-state index contributed by atoms with van der Waals surface area (Å²) in [6.45, 7) is 6.84. The molecule has 1 aromatic carbocycles. The number of nitrogens with zero attached hydrogens (tertiary/aromatic N) is 1. The third kappa shape index (κ3) is 5.08. The van der Waals surface area contributed by atoms with Gasteiger partial charge in [0, 0.05) is 25.1 Å². The van der Waals surface area contributed by atoms with E-state index in [9.17, 15) is 0 Å². The normalized spacial score (nSPS) is 26.5. The van der Waals surface area contributed by atoms with Gasteiger partial charge in [0.15, 0.2) is 5.96 Å². The lowest BCUT2D eigenvalue weighted by atomic mass is 10.0. The fourth-order valence-electron chi connectivity index (χ4n) is 3.18. The number of aliphatic imine (C=N–C) groups is 1. The maximum atomic E-state index is 5.65. The summed E-state index contributed by atoms with van der Waals surface area (Å²) in [6, 6.07) is 9.19. The smallest absolute Gasteiger partial charge is 0.191 e. The molecule has 1 saturated heterocycles. The average Bonchev–Trinajstić information content (AvgIpc) is 3.07. The molecule has 1 aliphatic carbocycles. The molecule has 0 bridgehead atoms. The fourth-order valence-corrected chi connectivity index (χ4v) is 3.18. The van der Waals surface area contributed by atoms with Crippen molar-refractivity contribution in [2.24, 2.45) is 4.99 Å². The van der Waals surface area contributed by atoms with Crippen molar-refractivity contribution in [3.63, 3.8) is 0 Å². The fraction of sp³-hybridized carbons (Fsp3) is 0.611. The number of hydrogen-bond acceptors (Lipinski definition) is 2. The molecule has 2 N–H and O–H groups in total. The highest BCUT2D eigenvalue weighted by Gasteiger charge is 2.39. The molecule has 3 atom stereocenters. The lowest BCUT2D eigenvalue weighted by Gasteiger charge is -2.13. The Morgan fingerprint density at radius 1 is 1.35 bits per heavy atom. The van der Waals surface area contributed by atoms with Crippen molar-refractivity contribution < 1.29 is 4.74 Å². The predicted molar refractivity (Wildman–Crippen MR) is 106 cm³/mol. The van der Waals surface area contributed by atoms with Crippen LogP contribution >= 0.6 is 24.0 Å². The van der Waals surface area contributed by atoms with E-state index in [0.29, 0.717) is 18.1 Å². The van der Waals surface area contributed by atoms with E-state index in [4.69, 9.17) is 9.73 Å². The van der Waals surface area contributed by atoms with E-state index in [1.165, 1.54) is 24.0 Å². The number of benzene rings is 1. The van der Waals surface area contributed by atoms with Gasteiger partial charge in [0.2, 0.25) is 0 Å². The van der Waals surface area contributed by atoms with Crippen LogP contribution < -0.4 is 10.6 Å². The van der Waals surface area contributed by atoms with E-state index in [-0.39, 0.29) is 24.0 Å². The highest BCUT2D eigenvalue weighted by molar-refractivity contribution is 14.0. The molecule has 2 aliphatic rings. The van der Waals surface area contributed by atoms with Crippen molar-refractivity contribution in [3.8, 4) is 0 Å². The lowest BCUT2D eigenvalue weighted by Crippen LogP contribution is -2.39. The van der Waals surface area contributed by atoms with E-state index < -0.39 is 0 Å². The molecule has 23 heavy (non-hydrogen) atoms. The summed E-state index contributed by atoms with van der Waals surface area (Å²) in [5.41, 5.74) is 2.85. The number of rotatable bonds is 5. The van der Waals surface area contributed by atoms with Crippen LogP contribution in [0, 0.1) is 6.92 Å². The molecule has 0 spiro atoms. The molecule has 0 aromatic heterocycles. The minimum absolute atomic E-state index is 0. The minimum Gasteiger partial charge on any atom is -0.376 e. The van der Waals surface area contributed by atoms with Gasteiger partial charge in [0.05, 0.1) is 12.6 Å². The van der Waals surface area contributed by atoms with Gasteiger partial charge in [-0.05, 0) is 44.2 Å². The topological polar surface area (TPSA) is 45.7 Å². The second-order valence-electron chi connectivity index (χ2n) is 6.30. The first-order valence-corrected chi connectivity index (χ1v) is 8.50. The van der Waals surface area contributed by atoms with Gasteiger partial charge in [-0.25, -0.2) is 0 Å². The molecule has 1 aromatic rings. The first-order chi connectivity index (χ1) is 10.8. The zero-order chi connectivity index (χ0) is 15.4. The number of hydrogen-bond donors (Lipinski definition) is 2. The highest BCUT2D eigenvalue weighted by Crippen LogP contribution is 2.42. The minimum atomic E-state index is 0. The Hall–Kier alpha value is -0.820. The van der Waals surface area contributed by atoms with Gasteiger partial charge >= 0.3 is 0 Å². The summed E-state index contributed by atoms with van der Waals surface area (Å²) < 4.78 is 5.65. The number of ether oxygens (including phenoxy) is 1. The van der Waals surface area contributed by atoms with Crippen LogP contribution in [0.15, 0.2) is 29.3 Å². The second-order valence-corrected chi connectivity index (χ2v) is 6.30. The third-order valence-electron chi connectivity index (χ3n) is 4.52. The van der Waals surface area contributed by atoms with Crippen molar-refractivity contribution in [2.45, 2.75) is 51.2 Å². The van der Waals surface area contributed by atoms with Crippen molar-refractivity contribution in [1.29, 1.82) is 0 Å². The summed E-state index contributed by atoms with van der Waals surface area (Å²) >= 11 is 0. The molecule has 3 rings (SSSR count). The zero-order valence-corrected chi connectivity index (χ0v) is 16.4. The molecular weight excluding hydrogens is 401 g/mol. The quantitative estimate of drug-likeness (QED) is 0.430. The largest absolute Gasteiger partial charge is 0.376 e. The van der Waals surface area contributed by atoms with E-state index in [1.54, 1.807) is 0 Å². The Bertz CT molecular complexity index is 529. The van der Waals surface area contributed by atoms with Crippen LogP contribution in [0.25, 0.3) is 0 Å². The van der Waals surface area contributed by atoms with Crippen LogP contribution in [-0.2, 0) is 4.74 Å². The second kappa shape index (κ2) is 8.87. The Labute approximate surface area is 156 Å². The van der Waals surface area contributed by atoms with Gasteiger partial charge in [-0.3, -0.25) is 4.99 Å². The summed E-state index contributed by atoms with van der Waals surface area (Å²) in [4.78, 5) is 4.70. The standard InChI is InChI=1S/C18H27N3O.HI/c1-3-19-18(20-12-14-8-6-10-22-14)21-17-11-16(17)15-9-5-4-7-13(15)2;/h4-5,7,9,14,16-17H,3,6,8,10-12H2,1-2H3,(H2,19,20,21);1H. The molecule has 1 saturated carbocycles. The van der Waals surface area contributed by atoms with E-state index in [0.717, 1.165) is 32.1 Å². The average molecular weight is 429 g/mol. The van der Waals surface area contributed by atoms with E-state index >= 15 is 0 Å². The molecule has 4 nitrogen and oxygen atoms in total. The maximum Gasteiger partial charge on any atom is 0.191 e. The first-order valence-electron chi connectivity index (χ1n) is 8.50. The Morgan fingerprint density at radius 2 is 2.17 bits per heavy atom. The van der Waals surface area contributed by atoms with Gasteiger partial charge in [-0.15, -0.1) is 24.0 Å². The molecule has 2 fully saturated rings. The molecular formula is C18H28IN3O. The van der Waals surface area contributed by atoms with Gasteiger partial charge in [0.25, 0.3) is 0 Å². The van der Waals surface area contributed by atoms with Crippen LogP contribution in [0.5, 0.6) is 0 Å². The van der Waals surface area contributed by atoms with E-state index in [1.807, 2.05) is 0 Å². The SMILES string of the molecule is CCNC(=NCC1CCCO1)NC1CC1c1ccccc1C.I. The first kappa shape index (κ1) is 18.5. The number of aryl methyl sites for hydroxylation is 1. The molecule has 128 valence electrons. The van der Waals surface area contributed by atoms with E-state index in [2.05, 4.69) is 48.7 Å². The Balaban J connectivity index is 0.00000192. The van der Waals surface area contributed by atoms with Crippen molar-refractivity contribution in [3.05, 3.63) is 35.4 Å². The summed E-state index contributed by atoms with van der Waals surface area (Å²) in [7, 11) is 0. The molecule has 0 amide bonds. The van der Waals surface area contributed by atoms with Crippen molar-refractivity contribution >= 4 is 29.9 Å². The predicted octanol–water partition coefficient (Wildman–Crippen LogP) is 3.20. The van der Waals surface area contributed by atoms with Gasteiger partial charge in [-0.2, -0.15) is 0 Å². The molecule has 0 radical (unpaired) electrons. The van der Waals surface area contributed by atoms with Crippen LogP contribution in [0.4, 0.5) is 0 Å². The third-order valence-corrected chi connectivity index (χ3v) is 4.52. The number of nitrogens with one attached hydrogen (secondary N) is 2. The number of halogens is 1. The lowest BCUT2D eigenvalue weighted by molar-refractivity contribution is 0.117. The molecule has 1 heterocycles. The Kier molecular flexibility index (Phi) is 7.14. The monoisotopic (exact) mass is 429 g/mol. The van der Waals surface area contributed by atoms with Crippen molar-refractivity contribution in [2.75, 3.05) is 19.7 Å². The molecule has 3 unspecified atom stereocenters. The van der Waals surface area contributed by atoms with Gasteiger partial charge < -0.3 is 15.4 Å². The van der Waals surface area contributed by atoms with Crippen LogP contribution in [0.3, 0.4) is 0 Å². The zero-order valence-electron chi connectivity index (χ0n) is 14.0. The summed E-state index contributed by atoms with van der Waals surface area (Å²) in [5, 5.41) is 6.92. The Morgan fingerprint density at radius 3 is 2.87 bits per heavy atom. The molecule has 1 aliphatic heterocycles. The van der Waals surface area contributed by atoms with Gasteiger partial charge in [0.1, 0.15) is 0 Å².